The molecule has 0 bridgehead atoms. The zero-order valence-corrected chi connectivity index (χ0v) is 12.4. The first-order chi connectivity index (χ1) is 8.88. The highest BCUT2D eigenvalue weighted by molar-refractivity contribution is 7.89. The molecular weight excluding hydrogens is 264 g/mol. The minimum absolute atomic E-state index is 0.0641. The monoisotopic (exact) mass is 286 g/mol. The molecule has 1 saturated carbocycles. The Labute approximate surface area is 114 Å². The highest BCUT2D eigenvalue weighted by Gasteiger charge is 2.31. The second kappa shape index (κ2) is 5.60. The first-order valence-corrected chi connectivity index (χ1v) is 8.14. The molecule has 1 aromatic rings. The number of H-pyrrole nitrogens is 1. The van der Waals surface area contributed by atoms with E-state index in [0.717, 1.165) is 12.8 Å². The highest BCUT2D eigenvalue weighted by Crippen LogP contribution is 2.27. The van der Waals surface area contributed by atoms with E-state index in [1.807, 2.05) is 13.8 Å². The number of hydrogen-bond donors (Lipinski definition) is 3. The Hall–Kier alpha value is -0.920. The Bertz CT molecular complexity index is 518. The predicted octanol–water partition coefficient (Wildman–Crippen LogP) is 0.984. The van der Waals surface area contributed by atoms with Crippen molar-refractivity contribution in [2.24, 2.45) is 5.92 Å². The number of aromatic nitrogens is 2. The van der Waals surface area contributed by atoms with E-state index in [9.17, 15) is 8.42 Å². The van der Waals surface area contributed by atoms with E-state index in [1.54, 1.807) is 6.20 Å². The van der Waals surface area contributed by atoms with Crippen LogP contribution in [0.25, 0.3) is 0 Å². The maximum Gasteiger partial charge on any atom is 0.258 e. The van der Waals surface area contributed by atoms with Gasteiger partial charge in [-0.15, -0.1) is 0 Å². The Morgan fingerprint density at radius 2 is 2.16 bits per heavy atom. The fraction of sp³-hybridized carbons (Fsp3) is 0.750. The van der Waals surface area contributed by atoms with Gasteiger partial charge in [-0.25, -0.2) is 13.1 Å². The average Bonchev–Trinajstić information content (AvgIpc) is 2.72. The van der Waals surface area contributed by atoms with Gasteiger partial charge in [-0.3, -0.25) is 5.10 Å². The predicted molar refractivity (Wildman–Crippen MR) is 73.1 cm³/mol. The van der Waals surface area contributed by atoms with E-state index >= 15 is 0 Å². The molecule has 0 atom stereocenters. The van der Waals surface area contributed by atoms with Crippen LogP contribution < -0.4 is 10.0 Å². The Morgan fingerprint density at radius 3 is 2.74 bits per heavy atom. The molecule has 1 heterocycles. The number of rotatable bonds is 6. The Morgan fingerprint density at radius 1 is 1.47 bits per heavy atom. The number of sulfonamides is 1. The van der Waals surface area contributed by atoms with Crippen LogP contribution in [0.1, 0.15) is 39.2 Å². The quantitative estimate of drug-likeness (QED) is 0.727. The number of nitrogens with one attached hydrogen (secondary N) is 3. The molecule has 108 valence electrons. The van der Waals surface area contributed by atoms with E-state index in [4.69, 9.17) is 0 Å². The number of aromatic amines is 1. The Balaban J connectivity index is 2.05. The lowest BCUT2D eigenvalue weighted by atomic mass is 9.83. The van der Waals surface area contributed by atoms with Gasteiger partial charge >= 0.3 is 0 Å². The molecule has 0 spiro atoms. The van der Waals surface area contributed by atoms with E-state index in [1.165, 1.54) is 0 Å². The molecule has 0 radical (unpaired) electrons. The summed E-state index contributed by atoms with van der Waals surface area (Å²) in [5.41, 5.74) is 0.675. The van der Waals surface area contributed by atoms with Crippen molar-refractivity contribution in [2.45, 2.75) is 57.3 Å². The van der Waals surface area contributed by atoms with Gasteiger partial charge in [0.2, 0.25) is 0 Å². The van der Waals surface area contributed by atoms with Gasteiger partial charge in [0.25, 0.3) is 10.0 Å². The minimum atomic E-state index is -3.49. The molecule has 19 heavy (non-hydrogen) atoms. The van der Waals surface area contributed by atoms with Crippen molar-refractivity contribution in [3.05, 3.63) is 11.8 Å². The van der Waals surface area contributed by atoms with Crippen molar-refractivity contribution in [2.75, 3.05) is 0 Å². The van der Waals surface area contributed by atoms with Crippen LogP contribution >= 0.6 is 0 Å². The molecule has 1 aliphatic carbocycles. The van der Waals surface area contributed by atoms with Crippen LogP contribution in [0.5, 0.6) is 0 Å². The van der Waals surface area contributed by atoms with Crippen LogP contribution in [0.3, 0.4) is 0 Å². The van der Waals surface area contributed by atoms with Crippen LogP contribution in [-0.4, -0.2) is 30.7 Å². The maximum absolute atomic E-state index is 12.3. The first kappa shape index (κ1) is 14.5. The fourth-order valence-electron chi connectivity index (χ4n) is 2.25. The van der Waals surface area contributed by atoms with Gasteiger partial charge in [-0.05, 0) is 18.8 Å². The van der Waals surface area contributed by atoms with Crippen molar-refractivity contribution >= 4 is 10.0 Å². The average molecular weight is 286 g/mol. The third kappa shape index (κ3) is 3.55. The lowest BCUT2D eigenvalue weighted by molar-refractivity contribution is 0.270. The van der Waals surface area contributed by atoms with Gasteiger partial charge < -0.3 is 5.32 Å². The van der Waals surface area contributed by atoms with E-state index in [2.05, 4.69) is 27.2 Å². The third-order valence-corrected chi connectivity index (χ3v) is 4.88. The Kier molecular flexibility index (Phi) is 4.27. The zero-order chi connectivity index (χ0) is 14.0. The zero-order valence-electron chi connectivity index (χ0n) is 11.6. The maximum atomic E-state index is 12.3. The molecule has 0 aliphatic heterocycles. The van der Waals surface area contributed by atoms with E-state index in [-0.39, 0.29) is 11.1 Å². The smallest absolute Gasteiger partial charge is 0.258 e. The number of nitrogens with zero attached hydrogens (tertiary/aromatic N) is 1. The molecule has 1 aliphatic rings. The summed E-state index contributed by atoms with van der Waals surface area (Å²) in [6.45, 7) is 6.65. The minimum Gasteiger partial charge on any atom is -0.310 e. The summed E-state index contributed by atoms with van der Waals surface area (Å²) in [6.07, 6.45) is 3.38. The number of hydrogen-bond acceptors (Lipinski definition) is 4. The van der Waals surface area contributed by atoms with Crippen LogP contribution in [0.2, 0.25) is 0 Å². The normalized spacial score (nSPS) is 23.6. The molecule has 3 N–H and O–H groups in total. The van der Waals surface area contributed by atoms with Gasteiger partial charge in [0, 0.05) is 24.2 Å². The fourth-order valence-corrected chi connectivity index (χ4v) is 3.64. The molecule has 0 unspecified atom stereocenters. The topological polar surface area (TPSA) is 86.9 Å². The van der Waals surface area contributed by atoms with Crippen molar-refractivity contribution in [1.29, 1.82) is 0 Å². The van der Waals surface area contributed by atoms with Gasteiger partial charge in [0.05, 0.1) is 6.20 Å². The lowest BCUT2D eigenvalue weighted by Crippen LogP contribution is -2.43. The molecule has 0 aromatic carbocycles. The van der Waals surface area contributed by atoms with Gasteiger partial charge in [-0.2, -0.15) is 5.10 Å². The summed E-state index contributed by atoms with van der Waals surface area (Å²) in [5, 5.41) is 9.82. The molecule has 6 nitrogen and oxygen atoms in total. The van der Waals surface area contributed by atoms with Crippen molar-refractivity contribution < 1.29 is 8.42 Å². The van der Waals surface area contributed by atoms with Gasteiger partial charge in [0.15, 0.2) is 5.03 Å². The molecular formula is C12H22N4O2S. The largest absolute Gasteiger partial charge is 0.310 e. The second-order valence-electron chi connectivity index (χ2n) is 5.65. The molecule has 1 fully saturated rings. The van der Waals surface area contributed by atoms with Crippen LogP contribution in [0, 0.1) is 5.92 Å². The van der Waals surface area contributed by atoms with Crippen molar-refractivity contribution in [1.82, 2.24) is 20.2 Å². The standard InChI is InChI=1S/C12H22N4O2S/c1-8(2)13-6-10-7-14-15-12(10)19(17,18)16-11-4-9(3)5-11/h7-9,11,13,16H,4-6H2,1-3H3,(H,14,15). The molecule has 1 aromatic heterocycles. The van der Waals surface area contributed by atoms with Gasteiger partial charge in [0.1, 0.15) is 0 Å². The van der Waals surface area contributed by atoms with E-state index < -0.39 is 10.0 Å². The molecule has 7 heteroatoms. The van der Waals surface area contributed by atoms with Crippen LogP contribution in [0.4, 0.5) is 0 Å². The summed E-state index contributed by atoms with van der Waals surface area (Å²) in [7, 11) is -3.49. The summed E-state index contributed by atoms with van der Waals surface area (Å²) >= 11 is 0. The van der Waals surface area contributed by atoms with Crippen molar-refractivity contribution in [3.63, 3.8) is 0 Å². The van der Waals surface area contributed by atoms with Gasteiger partial charge in [-0.1, -0.05) is 20.8 Å². The molecule has 0 saturated heterocycles. The summed E-state index contributed by atoms with van der Waals surface area (Å²) in [6, 6.07) is 0.361. The third-order valence-electron chi connectivity index (χ3n) is 3.34. The highest BCUT2D eigenvalue weighted by atomic mass is 32.2. The molecule has 0 amide bonds. The first-order valence-electron chi connectivity index (χ1n) is 6.66. The van der Waals surface area contributed by atoms with Crippen molar-refractivity contribution in [3.8, 4) is 0 Å². The summed E-state index contributed by atoms with van der Waals surface area (Å²) < 4.78 is 27.2. The van der Waals surface area contributed by atoms with Crippen LogP contribution in [0.15, 0.2) is 11.2 Å². The summed E-state index contributed by atoms with van der Waals surface area (Å²) in [4.78, 5) is 0. The lowest BCUT2D eigenvalue weighted by Gasteiger charge is -2.32. The van der Waals surface area contributed by atoms with E-state index in [0.29, 0.717) is 24.1 Å². The summed E-state index contributed by atoms with van der Waals surface area (Å²) in [5.74, 6) is 0.608. The van der Waals surface area contributed by atoms with Crippen LogP contribution in [-0.2, 0) is 16.6 Å². The second-order valence-corrected chi connectivity index (χ2v) is 7.31. The SMILES string of the molecule is CC1CC(NS(=O)(=O)c2[nH]ncc2CNC(C)C)C1. The molecule has 2 rings (SSSR count).